The molecule has 0 atom stereocenters. The third kappa shape index (κ3) is 2.51. The van der Waals surface area contributed by atoms with Crippen molar-refractivity contribution < 1.29 is 18.3 Å². The Morgan fingerprint density at radius 1 is 1.11 bits per heavy atom. The fourth-order valence-electron chi connectivity index (χ4n) is 1.53. The average Bonchev–Trinajstić information content (AvgIpc) is 2.27. The number of nitrogens with zero attached hydrogens (tertiary/aromatic N) is 1. The zero-order valence-electron chi connectivity index (χ0n) is 9.23. The molecule has 0 aliphatic heterocycles. The molecule has 0 amide bonds. The van der Waals surface area contributed by atoms with E-state index >= 15 is 0 Å². The highest BCUT2D eigenvalue weighted by Gasteiger charge is 2.30. The molecule has 100 valence electrons. The summed E-state index contributed by atoms with van der Waals surface area (Å²) in [7, 11) is 0. The van der Waals surface area contributed by atoms with Gasteiger partial charge in [0.15, 0.2) is 0 Å². The van der Waals surface area contributed by atoms with Crippen LogP contribution in [0.3, 0.4) is 0 Å². The van der Waals surface area contributed by atoms with Crippen LogP contribution in [0.5, 0.6) is 5.88 Å². The number of aromatic hydroxyl groups is 1. The first kappa shape index (κ1) is 12.9. The number of aromatic amines is 1. The first-order valence-corrected chi connectivity index (χ1v) is 5.02. The van der Waals surface area contributed by atoms with E-state index in [0.29, 0.717) is 4.57 Å². The van der Waals surface area contributed by atoms with Crippen LogP contribution in [-0.2, 0) is 6.18 Å². The van der Waals surface area contributed by atoms with Crippen LogP contribution in [0.15, 0.2) is 39.9 Å². The van der Waals surface area contributed by atoms with E-state index in [1.165, 1.54) is 0 Å². The van der Waals surface area contributed by atoms with Gasteiger partial charge in [0.05, 0.1) is 17.3 Å². The zero-order valence-corrected chi connectivity index (χ0v) is 9.23. The Labute approximate surface area is 103 Å². The van der Waals surface area contributed by atoms with E-state index in [9.17, 15) is 27.9 Å². The lowest BCUT2D eigenvalue weighted by Crippen LogP contribution is -2.27. The molecule has 0 saturated heterocycles. The highest BCUT2D eigenvalue weighted by molar-refractivity contribution is 5.38. The minimum atomic E-state index is -4.49. The fourth-order valence-corrected chi connectivity index (χ4v) is 1.53. The first-order valence-electron chi connectivity index (χ1n) is 5.02. The van der Waals surface area contributed by atoms with Gasteiger partial charge in [-0.3, -0.25) is 9.78 Å². The van der Waals surface area contributed by atoms with E-state index in [4.69, 9.17) is 0 Å². The molecule has 0 fully saturated rings. The molecule has 1 heterocycles. The summed E-state index contributed by atoms with van der Waals surface area (Å²) >= 11 is 0. The van der Waals surface area contributed by atoms with Gasteiger partial charge in [-0.25, -0.2) is 9.36 Å². The summed E-state index contributed by atoms with van der Waals surface area (Å²) in [6, 6.07) is 4.32. The monoisotopic (exact) mass is 272 g/mol. The smallest absolute Gasteiger partial charge is 0.416 e. The highest BCUT2D eigenvalue weighted by atomic mass is 19.4. The molecule has 1 aromatic heterocycles. The van der Waals surface area contributed by atoms with Crippen LogP contribution in [-0.4, -0.2) is 14.7 Å². The Balaban J connectivity index is 2.56. The average molecular weight is 272 g/mol. The van der Waals surface area contributed by atoms with Crippen molar-refractivity contribution in [3.8, 4) is 11.6 Å². The van der Waals surface area contributed by atoms with E-state index in [-0.39, 0.29) is 5.69 Å². The van der Waals surface area contributed by atoms with Crippen molar-refractivity contribution in [3.05, 3.63) is 56.7 Å². The van der Waals surface area contributed by atoms with Gasteiger partial charge in [0.1, 0.15) is 0 Å². The van der Waals surface area contributed by atoms with Crippen molar-refractivity contribution in [2.45, 2.75) is 6.18 Å². The van der Waals surface area contributed by atoms with Crippen molar-refractivity contribution in [1.82, 2.24) is 9.55 Å². The number of hydrogen-bond acceptors (Lipinski definition) is 3. The van der Waals surface area contributed by atoms with Gasteiger partial charge < -0.3 is 5.11 Å². The molecule has 2 N–H and O–H groups in total. The van der Waals surface area contributed by atoms with Crippen LogP contribution in [0.4, 0.5) is 13.2 Å². The minimum absolute atomic E-state index is 0.00625. The number of benzene rings is 1. The second kappa shape index (κ2) is 4.30. The van der Waals surface area contributed by atoms with Crippen LogP contribution in [0, 0.1) is 0 Å². The summed E-state index contributed by atoms with van der Waals surface area (Å²) in [5.74, 6) is -0.659. The summed E-state index contributed by atoms with van der Waals surface area (Å²) in [6.45, 7) is 0. The third-order valence-electron chi connectivity index (χ3n) is 2.38. The molecule has 2 aromatic rings. The second-order valence-corrected chi connectivity index (χ2v) is 3.68. The number of H-pyrrole nitrogens is 1. The van der Waals surface area contributed by atoms with E-state index in [1.807, 2.05) is 4.98 Å². The quantitative estimate of drug-likeness (QED) is 0.820. The number of hydrogen-bond donors (Lipinski definition) is 2. The van der Waals surface area contributed by atoms with Gasteiger partial charge in [-0.2, -0.15) is 13.2 Å². The molecule has 8 heteroatoms. The maximum atomic E-state index is 12.4. The van der Waals surface area contributed by atoms with Crippen LogP contribution in [0.25, 0.3) is 5.69 Å². The van der Waals surface area contributed by atoms with E-state index in [0.717, 1.165) is 30.3 Å². The summed E-state index contributed by atoms with van der Waals surface area (Å²) in [6.07, 6.45) is -4.49. The Bertz CT molecular complexity index is 714. The molecule has 0 saturated carbocycles. The second-order valence-electron chi connectivity index (χ2n) is 3.68. The number of nitrogens with one attached hydrogen (secondary N) is 1. The number of halogens is 3. The molecule has 0 aliphatic rings. The van der Waals surface area contributed by atoms with Gasteiger partial charge in [-0.05, 0) is 24.3 Å². The SMILES string of the molecule is O=c1cc(O)n(-c2ccc(C(F)(F)F)cc2)c(=O)[nH]1. The van der Waals surface area contributed by atoms with Crippen LogP contribution < -0.4 is 11.2 Å². The van der Waals surface area contributed by atoms with Gasteiger partial charge in [0.2, 0.25) is 5.88 Å². The van der Waals surface area contributed by atoms with Crippen LogP contribution >= 0.6 is 0 Å². The minimum Gasteiger partial charge on any atom is -0.494 e. The van der Waals surface area contributed by atoms with Crippen molar-refractivity contribution in [2.24, 2.45) is 0 Å². The summed E-state index contributed by atoms with van der Waals surface area (Å²) in [4.78, 5) is 24.3. The maximum Gasteiger partial charge on any atom is 0.416 e. The standard InChI is InChI=1S/C11H7F3N2O3/c12-11(13,14)6-1-3-7(4-2-6)16-9(18)5-8(17)15-10(16)19/h1-5,18H,(H,15,17,19). The summed E-state index contributed by atoms with van der Waals surface area (Å²) < 4.78 is 37.8. The normalized spacial score (nSPS) is 11.5. The third-order valence-corrected chi connectivity index (χ3v) is 2.38. The Morgan fingerprint density at radius 2 is 1.68 bits per heavy atom. The Morgan fingerprint density at radius 3 is 2.16 bits per heavy atom. The van der Waals surface area contributed by atoms with Crippen LogP contribution in [0.1, 0.15) is 5.56 Å². The predicted molar refractivity (Wildman–Crippen MR) is 59.3 cm³/mol. The number of aromatic nitrogens is 2. The zero-order chi connectivity index (χ0) is 14.2. The summed E-state index contributed by atoms with van der Waals surface area (Å²) in [5, 5.41) is 9.48. The van der Waals surface area contributed by atoms with Crippen molar-refractivity contribution in [2.75, 3.05) is 0 Å². The van der Waals surface area contributed by atoms with Gasteiger partial charge in [0.25, 0.3) is 5.56 Å². The predicted octanol–water partition coefficient (Wildman–Crippen LogP) is 1.25. The molecule has 2 rings (SSSR count). The van der Waals surface area contributed by atoms with E-state index in [1.54, 1.807) is 0 Å². The van der Waals surface area contributed by atoms with E-state index in [2.05, 4.69) is 0 Å². The molecule has 0 radical (unpaired) electrons. The molecular weight excluding hydrogens is 265 g/mol. The van der Waals surface area contributed by atoms with Gasteiger partial charge in [-0.1, -0.05) is 0 Å². The lowest BCUT2D eigenvalue weighted by atomic mass is 10.2. The van der Waals surface area contributed by atoms with Gasteiger partial charge >= 0.3 is 11.9 Å². The fraction of sp³-hybridized carbons (Fsp3) is 0.0909. The highest BCUT2D eigenvalue weighted by Crippen LogP contribution is 2.29. The van der Waals surface area contributed by atoms with Gasteiger partial charge in [0, 0.05) is 0 Å². The van der Waals surface area contributed by atoms with E-state index < -0.39 is 28.9 Å². The Kier molecular flexibility index (Phi) is 2.93. The molecule has 1 aromatic carbocycles. The lowest BCUT2D eigenvalue weighted by Gasteiger charge is -2.09. The topological polar surface area (TPSA) is 75.1 Å². The molecule has 0 bridgehead atoms. The lowest BCUT2D eigenvalue weighted by molar-refractivity contribution is -0.137. The largest absolute Gasteiger partial charge is 0.494 e. The molecule has 0 aliphatic carbocycles. The molecule has 19 heavy (non-hydrogen) atoms. The van der Waals surface area contributed by atoms with Crippen molar-refractivity contribution in [3.63, 3.8) is 0 Å². The van der Waals surface area contributed by atoms with Crippen molar-refractivity contribution in [1.29, 1.82) is 0 Å². The van der Waals surface area contributed by atoms with Crippen LogP contribution in [0.2, 0.25) is 0 Å². The van der Waals surface area contributed by atoms with Gasteiger partial charge in [-0.15, -0.1) is 0 Å². The Hall–Kier alpha value is -2.51. The summed E-state index contributed by atoms with van der Waals surface area (Å²) in [5.41, 5.74) is -2.62. The molecular formula is C11H7F3N2O3. The number of alkyl halides is 3. The molecule has 0 spiro atoms. The first-order chi connectivity index (χ1) is 8.79. The molecule has 0 unspecified atom stereocenters. The molecule has 5 nitrogen and oxygen atoms in total. The maximum absolute atomic E-state index is 12.4. The number of rotatable bonds is 1. The van der Waals surface area contributed by atoms with Crippen molar-refractivity contribution >= 4 is 0 Å².